The van der Waals surface area contributed by atoms with Crippen molar-refractivity contribution >= 4 is 6.09 Å². The lowest BCUT2D eigenvalue weighted by Gasteiger charge is -2.38. The van der Waals surface area contributed by atoms with E-state index in [1.807, 2.05) is 32.6 Å². The van der Waals surface area contributed by atoms with Crippen molar-refractivity contribution in [3.05, 3.63) is 11.7 Å². The second-order valence-corrected chi connectivity index (χ2v) is 7.81. The second kappa shape index (κ2) is 6.35. The molecule has 2 saturated heterocycles. The molecule has 0 N–H and O–H groups in total. The summed E-state index contributed by atoms with van der Waals surface area (Å²) in [4.78, 5) is 18.9. The summed E-state index contributed by atoms with van der Waals surface area (Å²) in [6, 6.07) is 0.399. The molecule has 2 aliphatic heterocycles. The average molecular weight is 337 g/mol. The normalized spacial score (nSPS) is 28.0. The zero-order valence-electron chi connectivity index (χ0n) is 15.1. The molecule has 0 saturated carbocycles. The average Bonchev–Trinajstić information content (AvgIpc) is 3.08. The SMILES string of the molecule is CO[C@@H](C)c1nc(C2C[C@H]3CC[C@@H](C2)N3C(=O)OC(C)(C)C)no1. The van der Waals surface area contributed by atoms with Crippen LogP contribution < -0.4 is 0 Å². The second-order valence-electron chi connectivity index (χ2n) is 7.81. The van der Waals surface area contributed by atoms with Crippen LogP contribution in [-0.2, 0) is 9.47 Å². The standard InChI is InChI=1S/C17H27N3O4/c1-10(22-5)15-18-14(19-24-15)11-8-12-6-7-13(9-11)20(12)16(21)23-17(2,3)4/h10-13H,6-9H2,1-5H3/t10-,11?,12-,13+/m0/s1. The molecule has 3 rings (SSSR count). The molecule has 2 bridgehead atoms. The molecule has 0 aromatic carbocycles. The van der Waals surface area contributed by atoms with E-state index < -0.39 is 5.60 Å². The van der Waals surface area contributed by atoms with E-state index in [0.29, 0.717) is 5.89 Å². The minimum absolute atomic E-state index is 0.199. The molecule has 3 heterocycles. The number of hydrogen-bond acceptors (Lipinski definition) is 6. The number of hydrogen-bond donors (Lipinski definition) is 0. The first-order valence-corrected chi connectivity index (χ1v) is 8.66. The maximum Gasteiger partial charge on any atom is 0.410 e. The molecule has 1 amide bonds. The Morgan fingerprint density at radius 3 is 2.46 bits per heavy atom. The van der Waals surface area contributed by atoms with Crippen LogP contribution in [0.15, 0.2) is 4.52 Å². The summed E-state index contributed by atoms with van der Waals surface area (Å²) in [6.45, 7) is 7.58. The van der Waals surface area contributed by atoms with Gasteiger partial charge in [-0.3, -0.25) is 0 Å². The highest BCUT2D eigenvalue weighted by Crippen LogP contribution is 2.43. The molecular weight excluding hydrogens is 310 g/mol. The van der Waals surface area contributed by atoms with E-state index in [2.05, 4.69) is 10.1 Å². The minimum Gasteiger partial charge on any atom is -0.444 e. The molecule has 24 heavy (non-hydrogen) atoms. The van der Waals surface area contributed by atoms with Gasteiger partial charge in [0.2, 0.25) is 0 Å². The molecule has 2 aliphatic rings. The number of methoxy groups -OCH3 is 1. The molecule has 7 heteroatoms. The Morgan fingerprint density at radius 2 is 1.92 bits per heavy atom. The third-order valence-electron chi connectivity index (χ3n) is 4.86. The van der Waals surface area contributed by atoms with Crippen molar-refractivity contribution in [1.29, 1.82) is 0 Å². The lowest BCUT2D eigenvalue weighted by Crippen LogP contribution is -2.48. The fourth-order valence-electron chi connectivity index (χ4n) is 3.68. The van der Waals surface area contributed by atoms with Crippen molar-refractivity contribution in [3.8, 4) is 0 Å². The van der Waals surface area contributed by atoms with Gasteiger partial charge in [-0.25, -0.2) is 4.79 Å². The van der Waals surface area contributed by atoms with Crippen LogP contribution in [0.5, 0.6) is 0 Å². The van der Waals surface area contributed by atoms with Crippen LogP contribution in [-0.4, -0.2) is 45.9 Å². The van der Waals surface area contributed by atoms with Crippen molar-refractivity contribution in [1.82, 2.24) is 15.0 Å². The number of carbonyl (C=O) groups excluding carboxylic acids is 1. The van der Waals surface area contributed by atoms with Gasteiger partial charge in [0.1, 0.15) is 11.7 Å². The Labute approximate surface area is 142 Å². The van der Waals surface area contributed by atoms with Gasteiger partial charge in [0.05, 0.1) is 0 Å². The van der Waals surface area contributed by atoms with Gasteiger partial charge in [-0.1, -0.05) is 5.16 Å². The van der Waals surface area contributed by atoms with Crippen molar-refractivity contribution in [3.63, 3.8) is 0 Å². The van der Waals surface area contributed by atoms with E-state index in [1.165, 1.54) is 0 Å². The van der Waals surface area contributed by atoms with E-state index in [9.17, 15) is 4.79 Å². The van der Waals surface area contributed by atoms with E-state index in [0.717, 1.165) is 31.5 Å². The molecule has 0 spiro atoms. The number of fused-ring (bicyclic) bond motifs is 2. The summed E-state index contributed by atoms with van der Waals surface area (Å²) in [7, 11) is 1.62. The first-order valence-electron chi connectivity index (χ1n) is 8.66. The number of piperidine rings is 1. The molecule has 1 aromatic heterocycles. The molecule has 4 atom stereocenters. The van der Waals surface area contributed by atoms with Gasteiger partial charge in [-0.15, -0.1) is 0 Å². The van der Waals surface area contributed by atoms with Crippen LogP contribution in [0.2, 0.25) is 0 Å². The molecule has 1 unspecified atom stereocenters. The van der Waals surface area contributed by atoms with Gasteiger partial charge in [-0.2, -0.15) is 4.98 Å². The highest BCUT2D eigenvalue weighted by atomic mass is 16.6. The van der Waals surface area contributed by atoms with Crippen molar-refractivity contribution < 1.29 is 18.8 Å². The number of rotatable bonds is 3. The predicted octanol–water partition coefficient (Wildman–Crippen LogP) is 3.42. The lowest BCUT2D eigenvalue weighted by molar-refractivity contribution is 0.00548. The molecule has 0 aliphatic carbocycles. The van der Waals surface area contributed by atoms with Gasteiger partial charge >= 0.3 is 6.09 Å². The van der Waals surface area contributed by atoms with Crippen molar-refractivity contribution in [2.75, 3.05) is 7.11 Å². The number of amides is 1. The van der Waals surface area contributed by atoms with Crippen LogP contribution in [0.4, 0.5) is 4.79 Å². The molecule has 2 fully saturated rings. The van der Waals surface area contributed by atoms with Crippen LogP contribution in [0.3, 0.4) is 0 Å². The van der Waals surface area contributed by atoms with Crippen LogP contribution >= 0.6 is 0 Å². The van der Waals surface area contributed by atoms with Crippen molar-refractivity contribution in [2.24, 2.45) is 0 Å². The summed E-state index contributed by atoms with van der Waals surface area (Å²) in [6.07, 6.45) is 3.34. The minimum atomic E-state index is -0.466. The van der Waals surface area contributed by atoms with E-state index >= 15 is 0 Å². The number of aromatic nitrogens is 2. The van der Waals surface area contributed by atoms with Gasteiger partial charge in [0, 0.05) is 25.1 Å². The Kier molecular flexibility index (Phi) is 4.55. The first kappa shape index (κ1) is 17.2. The van der Waals surface area contributed by atoms with E-state index in [1.54, 1.807) is 7.11 Å². The molecule has 7 nitrogen and oxygen atoms in total. The summed E-state index contributed by atoms with van der Waals surface area (Å²) in [5.74, 6) is 1.46. The van der Waals surface area contributed by atoms with Gasteiger partial charge < -0.3 is 18.9 Å². The summed E-state index contributed by atoms with van der Waals surface area (Å²) >= 11 is 0. The molecule has 134 valence electrons. The van der Waals surface area contributed by atoms with Crippen molar-refractivity contribution in [2.45, 2.75) is 83.1 Å². The largest absolute Gasteiger partial charge is 0.444 e. The van der Waals surface area contributed by atoms with Gasteiger partial charge in [0.15, 0.2) is 5.82 Å². The molecule has 1 aromatic rings. The summed E-state index contributed by atoms with van der Waals surface area (Å²) in [5.41, 5.74) is -0.466. The zero-order valence-corrected chi connectivity index (χ0v) is 15.1. The van der Waals surface area contributed by atoms with Gasteiger partial charge in [0.25, 0.3) is 5.89 Å². The quantitative estimate of drug-likeness (QED) is 0.841. The lowest BCUT2D eigenvalue weighted by atomic mass is 9.90. The zero-order chi connectivity index (χ0) is 17.5. The van der Waals surface area contributed by atoms with Crippen LogP contribution in [0, 0.1) is 0 Å². The number of carbonyl (C=O) groups is 1. The maximum absolute atomic E-state index is 12.5. The third-order valence-corrected chi connectivity index (χ3v) is 4.86. The monoisotopic (exact) mass is 337 g/mol. The van der Waals surface area contributed by atoms with E-state index in [-0.39, 0.29) is 30.2 Å². The number of ether oxygens (including phenoxy) is 2. The fraction of sp³-hybridized carbons (Fsp3) is 0.824. The Morgan fingerprint density at radius 1 is 1.29 bits per heavy atom. The van der Waals surface area contributed by atoms with Gasteiger partial charge in [-0.05, 0) is 53.4 Å². The summed E-state index contributed by atoms with van der Waals surface area (Å²) in [5, 5.41) is 4.13. The topological polar surface area (TPSA) is 77.7 Å². The molecule has 0 radical (unpaired) electrons. The van der Waals surface area contributed by atoms with E-state index in [4.69, 9.17) is 14.0 Å². The Bertz CT molecular complexity index is 581. The maximum atomic E-state index is 12.5. The smallest absolute Gasteiger partial charge is 0.410 e. The number of nitrogens with zero attached hydrogens (tertiary/aromatic N) is 3. The molecular formula is C17H27N3O4. The summed E-state index contributed by atoms with van der Waals surface area (Å²) < 4.78 is 16.1. The first-order chi connectivity index (χ1) is 11.3. The predicted molar refractivity (Wildman–Crippen MR) is 86.6 cm³/mol. The highest BCUT2D eigenvalue weighted by Gasteiger charge is 2.46. The highest BCUT2D eigenvalue weighted by molar-refractivity contribution is 5.69. The Balaban J connectivity index is 1.69. The fourth-order valence-corrected chi connectivity index (χ4v) is 3.68. The Hall–Kier alpha value is -1.63. The van der Waals surface area contributed by atoms with Crippen LogP contribution in [0.25, 0.3) is 0 Å². The van der Waals surface area contributed by atoms with Crippen LogP contribution in [0.1, 0.15) is 77.1 Å². The third kappa shape index (κ3) is 3.41.